The third-order valence-corrected chi connectivity index (χ3v) is 8.64. The van der Waals surface area contributed by atoms with Gasteiger partial charge in [-0.25, -0.2) is 18.2 Å². The SMILES string of the molecule is Cc1ccc(S(=O)(=O)N(CC(=O)N/N=C/c2cc(C)n(-c3cccc(Cl)c3Cl)c2C)c2ccccc2F)cc1. The molecular weight excluding hydrogens is 562 g/mol. The van der Waals surface area contributed by atoms with Gasteiger partial charge in [0.2, 0.25) is 0 Å². The Bertz CT molecular complexity index is 1670. The van der Waals surface area contributed by atoms with Gasteiger partial charge in [0.1, 0.15) is 12.4 Å². The van der Waals surface area contributed by atoms with Crippen LogP contribution in [-0.2, 0) is 14.8 Å². The van der Waals surface area contributed by atoms with Crippen molar-refractivity contribution in [1.82, 2.24) is 9.99 Å². The van der Waals surface area contributed by atoms with Gasteiger partial charge in [-0.2, -0.15) is 5.10 Å². The first-order valence-electron chi connectivity index (χ1n) is 11.8. The number of para-hydroxylation sites is 1. The Hall–Kier alpha value is -3.66. The monoisotopic (exact) mass is 586 g/mol. The summed E-state index contributed by atoms with van der Waals surface area (Å²) in [5.41, 5.74) is 6.00. The van der Waals surface area contributed by atoms with Crippen LogP contribution in [0.25, 0.3) is 5.69 Å². The Morgan fingerprint density at radius 1 is 1.03 bits per heavy atom. The maximum Gasteiger partial charge on any atom is 0.264 e. The van der Waals surface area contributed by atoms with Crippen LogP contribution in [0.15, 0.2) is 82.8 Å². The smallest absolute Gasteiger partial charge is 0.264 e. The van der Waals surface area contributed by atoms with Crippen LogP contribution in [0.3, 0.4) is 0 Å². The molecule has 1 aromatic heterocycles. The van der Waals surface area contributed by atoms with Gasteiger partial charge in [-0.05, 0) is 63.2 Å². The Morgan fingerprint density at radius 3 is 2.41 bits per heavy atom. The zero-order valence-corrected chi connectivity index (χ0v) is 23.6. The van der Waals surface area contributed by atoms with Crippen molar-refractivity contribution in [3.8, 4) is 5.69 Å². The minimum absolute atomic E-state index is 0.0697. The lowest BCUT2D eigenvalue weighted by Crippen LogP contribution is -2.40. The predicted molar refractivity (Wildman–Crippen MR) is 153 cm³/mol. The van der Waals surface area contributed by atoms with E-state index in [0.717, 1.165) is 27.3 Å². The highest BCUT2D eigenvalue weighted by Gasteiger charge is 2.29. The van der Waals surface area contributed by atoms with E-state index in [-0.39, 0.29) is 10.6 Å². The summed E-state index contributed by atoms with van der Waals surface area (Å²) in [6.45, 7) is 4.88. The number of aromatic nitrogens is 1. The molecule has 0 aliphatic rings. The molecule has 7 nitrogen and oxygen atoms in total. The standard InChI is InChI=1S/C28H25Cl2FN4O3S/c1-18-11-13-22(14-12-18)39(37,38)34(25-9-5-4-8-24(25)31)17-27(36)33-32-16-21-15-19(2)35(20(21)3)26-10-6-7-23(29)28(26)30/h4-16H,17H2,1-3H3,(H,33,36)/b32-16+. The van der Waals surface area contributed by atoms with Gasteiger partial charge in [-0.3, -0.25) is 9.10 Å². The highest BCUT2D eigenvalue weighted by molar-refractivity contribution is 7.92. The lowest BCUT2D eigenvalue weighted by atomic mass is 10.2. The van der Waals surface area contributed by atoms with E-state index in [0.29, 0.717) is 21.3 Å². The van der Waals surface area contributed by atoms with E-state index in [1.54, 1.807) is 24.3 Å². The van der Waals surface area contributed by atoms with Crippen LogP contribution >= 0.6 is 23.2 Å². The van der Waals surface area contributed by atoms with Crippen LogP contribution in [0, 0.1) is 26.6 Å². The Kier molecular flexibility index (Phi) is 8.44. The minimum atomic E-state index is -4.26. The average molecular weight is 588 g/mol. The van der Waals surface area contributed by atoms with Crippen molar-refractivity contribution in [3.63, 3.8) is 0 Å². The molecule has 0 atom stereocenters. The highest BCUT2D eigenvalue weighted by Crippen LogP contribution is 2.31. The summed E-state index contributed by atoms with van der Waals surface area (Å²) in [5.74, 6) is -1.53. The van der Waals surface area contributed by atoms with Crippen molar-refractivity contribution >= 4 is 51.0 Å². The van der Waals surface area contributed by atoms with Gasteiger partial charge in [-0.1, -0.05) is 59.1 Å². The number of aryl methyl sites for hydroxylation is 2. The number of nitrogens with one attached hydrogen (secondary N) is 1. The van der Waals surface area contributed by atoms with Gasteiger partial charge in [0.05, 0.1) is 32.5 Å². The molecule has 1 N–H and O–H groups in total. The number of carbonyl (C=O) groups is 1. The van der Waals surface area contributed by atoms with Gasteiger partial charge in [0, 0.05) is 17.0 Å². The highest BCUT2D eigenvalue weighted by atomic mass is 35.5. The van der Waals surface area contributed by atoms with E-state index >= 15 is 0 Å². The van der Waals surface area contributed by atoms with Crippen LogP contribution in [0.5, 0.6) is 0 Å². The van der Waals surface area contributed by atoms with E-state index in [1.807, 2.05) is 37.5 Å². The van der Waals surface area contributed by atoms with Crippen molar-refractivity contribution in [2.45, 2.75) is 25.7 Å². The van der Waals surface area contributed by atoms with Gasteiger partial charge in [-0.15, -0.1) is 0 Å². The number of amides is 1. The largest absolute Gasteiger partial charge is 0.316 e. The summed E-state index contributed by atoms with van der Waals surface area (Å²) < 4.78 is 44.1. The van der Waals surface area contributed by atoms with Crippen LogP contribution in [-0.4, -0.2) is 31.7 Å². The molecular formula is C28H25Cl2FN4O3S. The maximum atomic E-state index is 14.7. The van der Waals surface area contributed by atoms with Gasteiger partial charge >= 0.3 is 0 Å². The summed E-state index contributed by atoms with van der Waals surface area (Å²) in [7, 11) is -4.26. The molecule has 11 heteroatoms. The molecule has 3 aromatic carbocycles. The Balaban J connectivity index is 1.58. The zero-order valence-electron chi connectivity index (χ0n) is 21.3. The molecule has 0 bridgehead atoms. The third-order valence-electron chi connectivity index (χ3n) is 6.05. The number of hydrogen-bond acceptors (Lipinski definition) is 4. The fourth-order valence-electron chi connectivity index (χ4n) is 4.08. The maximum absolute atomic E-state index is 14.7. The number of benzene rings is 3. The van der Waals surface area contributed by atoms with E-state index < -0.39 is 28.3 Å². The molecule has 0 saturated heterocycles. The number of sulfonamides is 1. The molecule has 0 spiro atoms. The summed E-state index contributed by atoms with van der Waals surface area (Å²) in [4.78, 5) is 12.8. The van der Waals surface area contributed by atoms with Crippen LogP contribution < -0.4 is 9.73 Å². The molecule has 0 saturated carbocycles. The molecule has 1 amide bonds. The summed E-state index contributed by atoms with van der Waals surface area (Å²) in [6, 6.07) is 18.6. The average Bonchev–Trinajstić information content (AvgIpc) is 3.17. The molecule has 0 aliphatic heterocycles. The first kappa shape index (κ1) is 28.4. The van der Waals surface area contributed by atoms with Crippen molar-refractivity contribution in [3.05, 3.63) is 111 Å². The fraction of sp³-hybridized carbons (Fsp3) is 0.143. The fourth-order valence-corrected chi connectivity index (χ4v) is 5.89. The number of hydrazone groups is 1. The van der Waals surface area contributed by atoms with Gasteiger partial charge in [0.15, 0.2) is 0 Å². The second-order valence-corrected chi connectivity index (χ2v) is 11.5. The number of nitrogens with zero attached hydrogens (tertiary/aromatic N) is 3. The van der Waals surface area contributed by atoms with Crippen molar-refractivity contribution < 1.29 is 17.6 Å². The molecule has 0 fully saturated rings. The van der Waals surface area contributed by atoms with Gasteiger partial charge in [0.25, 0.3) is 15.9 Å². The molecule has 0 aliphatic carbocycles. The number of carbonyl (C=O) groups excluding carboxylic acids is 1. The van der Waals surface area contributed by atoms with Crippen molar-refractivity contribution in [2.75, 3.05) is 10.8 Å². The minimum Gasteiger partial charge on any atom is -0.316 e. The normalized spacial score (nSPS) is 11.6. The molecule has 0 unspecified atom stereocenters. The first-order chi connectivity index (χ1) is 18.5. The second kappa shape index (κ2) is 11.6. The topological polar surface area (TPSA) is 83.8 Å². The quantitative estimate of drug-likeness (QED) is 0.197. The number of hydrogen-bond donors (Lipinski definition) is 1. The number of halogens is 3. The van der Waals surface area contributed by atoms with Gasteiger partial charge < -0.3 is 4.57 Å². The lowest BCUT2D eigenvalue weighted by Gasteiger charge is -2.24. The second-order valence-electron chi connectivity index (χ2n) is 8.80. The van der Waals surface area contributed by atoms with Crippen LogP contribution in [0.4, 0.5) is 10.1 Å². The summed E-state index contributed by atoms with van der Waals surface area (Å²) >= 11 is 12.6. The summed E-state index contributed by atoms with van der Waals surface area (Å²) in [5, 5.41) is 4.84. The van der Waals surface area contributed by atoms with E-state index in [1.165, 1.54) is 36.5 Å². The molecule has 0 radical (unpaired) electrons. The molecule has 4 rings (SSSR count). The molecule has 39 heavy (non-hydrogen) atoms. The van der Waals surface area contributed by atoms with E-state index in [4.69, 9.17) is 23.2 Å². The molecule has 1 heterocycles. The van der Waals surface area contributed by atoms with Crippen molar-refractivity contribution in [2.24, 2.45) is 5.10 Å². The van der Waals surface area contributed by atoms with Crippen LogP contribution in [0.1, 0.15) is 22.5 Å². The Morgan fingerprint density at radius 2 is 1.72 bits per heavy atom. The number of anilines is 1. The van der Waals surface area contributed by atoms with E-state index in [2.05, 4.69) is 10.5 Å². The zero-order chi connectivity index (χ0) is 28.3. The Labute approximate surface area is 236 Å². The molecule has 202 valence electrons. The van der Waals surface area contributed by atoms with Crippen molar-refractivity contribution in [1.29, 1.82) is 0 Å². The third kappa shape index (κ3) is 6.00. The first-order valence-corrected chi connectivity index (χ1v) is 14.0. The number of rotatable bonds is 8. The lowest BCUT2D eigenvalue weighted by molar-refractivity contribution is -0.119. The predicted octanol–water partition coefficient (Wildman–Crippen LogP) is 6.19. The van der Waals surface area contributed by atoms with Crippen LogP contribution in [0.2, 0.25) is 10.0 Å². The van der Waals surface area contributed by atoms with E-state index in [9.17, 15) is 17.6 Å². The summed E-state index contributed by atoms with van der Waals surface area (Å²) in [6.07, 6.45) is 1.44. The molecule has 4 aromatic rings.